The first-order chi connectivity index (χ1) is 9.68. The molecule has 5 nitrogen and oxygen atoms in total. The normalized spacial score (nSPS) is 12.7. The smallest absolute Gasteiger partial charge is 0.155 e. The van der Waals surface area contributed by atoms with E-state index in [9.17, 15) is 4.79 Å². The van der Waals surface area contributed by atoms with Crippen LogP contribution in [0.4, 0.5) is 0 Å². The van der Waals surface area contributed by atoms with Crippen molar-refractivity contribution in [1.29, 1.82) is 0 Å². The zero-order chi connectivity index (χ0) is 16.4. The van der Waals surface area contributed by atoms with Gasteiger partial charge in [0.15, 0.2) is 5.78 Å². The third-order valence-corrected chi connectivity index (χ3v) is 3.21. The number of carbonyl (C=O) groups excluding carboxylic acids is 1. The Kier molecular flexibility index (Phi) is 10.0. The van der Waals surface area contributed by atoms with Crippen molar-refractivity contribution >= 4 is 5.78 Å². The summed E-state index contributed by atoms with van der Waals surface area (Å²) >= 11 is 0. The predicted octanol–water partition coefficient (Wildman–Crippen LogP) is 2.18. The highest BCUT2D eigenvalue weighted by Crippen LogP contribution is 2.19. The predicted molar refractivity (Wildman–Crippen MR) is 84.7 cm³/mol. The molecular weight excluding hydrogens is 270 g/mol. The number of hydrogen-bond donors (Lipinski definition) is 1. The fourth-order valence-corrected chi connectivity index (χ4v) is 1.61. The van der Waals surface area contributed by atoms with Crippen LogP contribution in [0.1, 0.15) is 47.5 Å². The van der Waals surface area contributed by atoms with Gasteiger partial charge in [0, 0.05) is 13.2 Å². The zero-order valence-corrected chi connectivity index (χ0v) is 14.6. The Hall–Kier alpha value is -0.490. The monoisotopic (exact) mass is 303 g/mol. The first-order valence-electron chi connectivity index (χ1n) is 7.68. The van der Waals surface area contributed by atoms with Crippen LogP contribution in [0.15, 0.2) is 0 Å². The maximum absolute atomic E-state index is 10.9. The molecule has 0 atom stereocenters. The lowest BCUT2D eigenvalue weighted by atomic mass is 10.0. The van der Waals surface area contributed by atoms with Gasteiger partial charge in [-0.15, -0.1) is 0 Å². The Balaban J connectivity index is 3.83. The molecule has 0 amide bonds. The molecule has 0 aromatic rings. The zero-order valence-electron chi connectivity index (χ0n) is 14.6. The van der Waals surface area contributed by atoms with E-state index in [1.54, 1.807) is 0 Å². The maximum Gasteiger partial charge on any atom is 0.155 e. The summed E-state index contributed by atoms with van der Waals surface area (Å²) in [5.74, 6) is 0.0445. The van der Waals surface area contributed by atoms with E-state index in [1.807, 2.05) is 20.9 Å². The first kappa shape index (κ1) is 20.5. The fourth-order valence-electron chi connectivity index (χ4n) is 1.61. The molecule has 1 N–H and O–H groups in total. The molecule has 0 aliphatic carbocycles. The average molecular weight is 303 g/mol. The van der Waals surface area contributed by atoms with Crippen LogP contribution in [0.2, 0.25) is 0 Å². The van der Waals surface area contributed by atoms with Crippen LogP contribution >= 0.6 is 0 Å². The Morgan fingerprint density at radius 2 is 1.52 bits per heavy atom. The average Bonchev–Trinajstić information content (AvgIpc) is 2.36. The summed E-state index contributed by atoms with van der Waals surface area (Å²) in [4.78, 5) is 10.9. The second-order valence-corrected chi connectivity index (χ2v) is 6.57. The molecule has 21 heavy (non-hydrogen) atoms. The summed E-state index contributed by atoms with van der Waals surface area (Å²) in [6, 6.07) is 0. The molecule has 5 heteroatoms. The third-order valence-electron chi connectivity index (χ3n) is 3.21. The summed E-state index contributed by atoms with van der Waals surface area (Å²) in [7, 11) is 1.91. The largest absolute Gasteiger partial charge is 0.380 e. The molecule has 0 radical (unpaired) electrons. The number of likely N-dealkylation sites (N-methyl/N-ethyl adjacent to an activating group) is 1. The third kappa shape index (κ3) is 12.9. The lowest BCUT2D eigenvalue weighted by Gasteiger charge is -2.29. The molecule has 0 spiro atoms. The van der Waals surface area contributed by atoms with E-state index in [4.69, 9.17) is 14.2 Å². The lowest BCUT2D eigenvalue weighted by Crippen LogP contribution is -2.32. The van der Waals surface area contributed by atoms with Crippen molar-refractivity contribution in [3.8, 4) is 0 Å². The van der Waals surface area contributed by atoms with Gasteiger partial charge in [0.2, 0.25) is 0 Å². The fraction of sp³-hybridized carbons (Fsp3) is 0.938. The summed E-state index contributed by atoms with van der Waals surface area (Å²) in [6.07, 6.45) is 1.61. The van der Waals surface area contributed by atoms with E-state index in [0.29, 0.717) is 13.2 Å². The van der Waals surface area contributed by atoms with Gasteiger partial charge in [0.05, 0.1) is 24.4 Å². The molecule has 0 aromatic carbocycles. The van der Waals surface area contributed by atoms with Crippen LogP contribution < -0.4 is 5.32 Å². The highest BCUT2D eigenvalue weighted by molar-refractivity contribution is 5.76. The molecule has 0 saturated heterocycles. The molecule has 0 bridgehead atoms. The number of ketones is 1. The minimum Gasteiger partial charge on any atom is -0.380 e. The Morgan fingerprint density at radius 3 is 2.10 bits per heavy atom. The van der Waals surface area contributed by atoms with Crippen molar-refractivity contribution in [2.75, 3.05) is 40.0 Å². The molecule has 0 aliphatic heterocycles. The minimum absolute atomic E-state index is 0.0445. The molecule has 126 valence electrons. The van der Waals surface area contributed by atoms with E-state index in [1.165, 1.54) is 6.92 Å². The molecule has 0 aliphatic rings. The van der Waals surface area contributed by atoms with Crippen molar-refractivity contribution in [1.82, 2.24) is 5.32 Å². The highest BCUT2D eigenvalue weighted by atomic mass is 16.5. The van der Waals surface area contributed by atoms with Crippen LogP contribution in [-0.4, -0.2) is 57.0 Å². The van der Waals surface area contributed by atoms with Crippen molar-refractivity contribution in [3.05, 3.63) is 0 Å². The van der Waals surface area contributed by atoms with Crippen molar-refractivity contribution in [2.24, 2.45) is 0 Å². The van der Waals surface area contributed by atoms with E-state index >= 15 is 0 Å². The van der Waals surface area contributed by atoms with Crippen molar-refractivity contribution in [2.45, 2.75) is 58.7 Å². The lowest BCUT2D eigenvalue weighted by molar-refractivity contribution is -0.129. The van der Waals surface area contributed by atoms with Gasteiger partial charge in [0.25, 0.3) is 0 Å². The summed E-state index contributed by atoms with van der Waals surface area (Å²) in [5.41, 5.74) is -0.554. The first-order valence-corrected chi connectivity index (χ1v) is 7.68. The Morgan fingerprint density at radius 1 is 0.952 bits per heavy atom. The van der Waals surface area contributed by atoms with Gasteiger partial charge in [-0.3, -0.25) is 4.79 Å². The summed E-state index contributed by atoms with van der Waals surface area (Å²) in [5, 5.41) is 3.04. The van der Waals surface area contributed by atoms with E-state index < -0.39 is 0 Å². The van der Waals surface area contributed by atoms with Crippen molar-refractivity contribution < 1.29 is 19.0 Å². The molecule has 0 fully saturated rings. The molecular formula is C16H33NO4. The summed E-state index contributed by atoms with van der Waals surface area (Å²) in [6.45, 7) is 12.7. The number of nitrogens with one attached hydrogen (secondary N) is 1. The quantitative estimate of drug-likeness (QED) is 0.529. The SMILES string of the molecule is CNCCOCCC(C)(C)OCCC(C)(C)OCC(C)=O. The van der Waals surface area contributed by atoms with Crippen LogP contribution in [0, 0.1) is 0 Å². The number of carbonyl (C=O) groups is 1. The van der Waals surface area contributed by atoms with E-state index in [-0.39, 0.29) is 23.6 Å². The highest BCUT2D eigenvalue weighted by Gasteiger charge is 2.23. The van der Waals surface area contributed by atoms with Crippen LogP contribution in [-0.2, 0) is 19.0 Å². The van der Waals surface area contributed by atoms with Gasteiger partial charge in [-0.25, -0.2) is 0 Å². The number of ether oxygens (including phenoxy) is 3. The van der Waals surface area contributed by atoms with E-state index in [2.05, 4.69) is 19.2 Å². The van der Waals surface area contributed by atoms with Gasteiger partial charge in [-0.05, 0) is 54.5 Å². The molecule has 0 saturated carbocycles. The topological polar surface area (TPSA) is 56.8 Å². The number of hydrogen-bond acceptors (Lipinski definition) is 5. The maximum atomic E-state index is 10.9. The summed E-state index contributed by atoms with van der Waals surface area (Å²) < 4.78 is 17.0. The molecule has 0 unspecified atom stereocenters. The molecule has 0 heterocycles. The standard InChI is InChI=1S/C16H33NO4/c1-14(18)13-21-16(4,5)8-11-20-15(2,3)7-10-19-12-9-17-6/h17H,7-13H2,1-6H3. The van der Waals surface area contributed by atoms with Gasteiger partial charge in [0.1, 0.15) is 6.61 Å². The van der Waals surface area contributed by atoms with Crippen LogP contribution in [0.25, 0.3) is 0 Å². The van der Waals surface area contributed by atoms with Crippen molar-refractivity contribution in [3.63, 3.8) is 0 Å². The van der Waals surface area contributed by atoms with Crippen LogP contribution in [0.3, 0.4) is 0 Å². The van der Waals surface area contributed by atoms with Gasteiger partial charge >= 0.3 is 0 Å². The van der Waals surface area contributed by atoms with Crippen LogP contribution in [0.5, 0.6) is 0 Å². The second-order valence-electron chi connectivity index (χ2n) is 6.57. The second kappa shape index (κ2) is 10.3. The van der Waals surface area contributed by atoms with Gasteiger partial charge in [-0.1, -0.05) is 0 Å². The molecule has 0 aromatic heterocycles. The van der Waals surface area contributed by atoms with Gasteiger partial charge < -0.3 is 19.5 Å². The number of Topliss-reactive ketones (excluding diaryl/α,β-unsaturated/α-hetero) is 1. The van der Waals surface area contributed by atoms with E-state index in [0.717, 1.165) is 26.0 Å². The number of rotatable bonds is 13. The minimum atomic E-state index is -0.342. The van der Waals surface area contributed by atoms with Gasteiger partial charge in [-0.2, -0.15) is 0 Å². The molecule has 0 rings (SSSR count). The Labute approximate surface area is 129 Å². The Bertz CT molecular complexity index is 290.